The molecule has 2 heterocycles. The number of hydrogen-bond acceptors (Lipinski definition) is 4. The summed E-state index contributed by atoms with van der Waals surface area (Å²) in [5, 5.41) is 10.4. The van der Waals surface area contributed by atoms with E-state index in [9.17, 15) is 5.11 Å². The molecule has 1 aliphatic heterocycles. The highest BCUT2D eigenvalue weighted by Crippen LogP contribution is 2.28. The van der Waals surface area contributed by atoms with E-state index in [1.807, 2.05) is 0 Å². The molecule has 4 nitrogen and oxygen atoms in total. The lowest BCUT2D eigenvalue weighted by Crippen LogP contribution is -2.35. The molecule has 0 saturated carbocycles. The van der Waals surface area contributed by atoms with Crippen molar-refractivity contribution in [2.45, 2.75) is 26.7 Å². The second kappa shape index (κ2) is 5.37. The van der Waals surface area contributed by atoms with Gasteiger partial charge in [-0.15, -0.1) is 0 Å². The third-order valence-electron chi connectivity index (χ3n) is 4.40. The van der Waals surface area contributed by atoms with Gasteiger partial charge < -0.3 is 10.0 Å². The Hall–Kier alpha value is -1.68. The quantitative estimate of drug-likeness (QED) is 0.911. The van der Waals surface area contributed by atoms with Crippen LogP contribution in [0.5, 0.6) is 0 Å². The van der Waals surface area contributed by atoms with Gasteiger partial charge in [-0.25, -0.2) is 9.97 Å². The highest BCUT2D eigenvalue weighted by Gasteiger charge is 2.21. The summed E-state index contributed by atoms with van der Waals surface area (Å²) in [6, 6.07) is 4.33. The zero-order chi connectivity index (χ0) is 14.1. The van der Waals surface area contributed by atoms with Crippen LogP contribution < -0.4 is 4.90 Å². The van der Waals surface area contributed by atoms with Gasteiger partial charge in [0, 0.05) is 25.1 Å². The van der Waals surface area contributed by atoms with Crippen LogP contribution in [0.15, 0.2) is 18.5 Å². The summed E-state index contributed by atoms with van der Waals surface area (Å²) < 4.78 is 0. The zero-order valence-corrected chi connectivity index (χ0v) is 12.1. The van der Waals surface area contributed by atoms with Crippen LogP contribution in [0.2, 0.25) is 0 Å². The van der Waals surface area contributed by atoms with Gasteiger partial charge in [0.25, 0.3) is 0 Å². The Morgan fingerprint density at radius 1 is 1.15 bits per heavy atom. The van der Waals surface area contributed by atoms with Crippen molar-refractivity contribution in [2.24, 2.45) is 5.92 Å². The molecule has 1 N–H and O–H groups in total. The van der Waals surface area contributed by atoms with Gasteiger partial charge in [-0.3, -0.25) is 0 Å². The van der Waals surface area contributed by atoms with Crippen molar-refractivity contribution < 1.29 is 5.11 Å². The number of hydrogen-bond donors (Lipinski definition) is 1. The third kappa shape index (κ3) is 2.36. The number of aliphatic hydroxyl groups is 1. The smallest absolute Gasteiger partial charge is 0.139 e. The van der Waals surface area contributed by atoms with E-state index < -0.39 is 0 Å². The number of aryl methyl sites for hydroxylation is 2. The minimum atomic E-state index is 0.302. The molecule has 0 bridgehead atoms. The Bertz CT molecular complexity index is 618. The number of rotatable bonds is 2. The van der Waals surface area contributed by atoms with Gasteiger partial charge >= 0.3 is 0 Å². The van der Waals surface area contributed by atoms with Gasteiger partial charge in [-0.2, -0.15) is 0 Å². The van der Waals surface area contributed by atoms with E-state index in [1.54, 1.807) is 6.33 Å². The molecule has 106 valence electrons. The Labute approximate surface area is 119 Å². The average Bonchev–Trinajstić information content (AvgIpc) is 2.48. The number of anilines is 1. The summed E-state index contributed by atoms with van der Waals surface area (Å²) in [5.74, 6) is 1.48. The molecule has 1 aromatic heterocycles. The van der Waals surface area contributed by atoms with Gasteiger partial charge in [-0.05, 0) is 55.9 Å². The van der Waals surface area contributed by atoms with Crippen LogP contribution in [0, 0.1) is 19.8 Å². The summed E-state index contributed by atoms with van der Waals surface area (Å²) in [6.07, 6.45) is 3.73. The maximum atomic E-state index is 9.24. The number of benzene rings is 1. The SMILES string of the molecule is Cc1cc2ncnc(N3CCC(CO)CC3)c2cc1C. The molecule has 2 aromatic rings. The minimum absolute atomic E-state index is 0.302. The normalized spacial score (nSPS) is 16.9. The monoisotopic (exact) mass is 271 g/mol. The van der Waals surface area contributed by atoms with E-state index >= 15 is 0 Å². The predicted octanol–water partition coefficient (Wildman–Crippen LogP) is 2.46. The Morgan fingerprint density at radius 3 is 2.55 bits per heavy atom. The first-order valence-corrected chi connectivity index (χ1v) is 7.27. The molecular formula is C16H21N3O. The van der Waals surface area contributed by atoms with Crippen LogP contribution in [0.3, 0.4) is 0 Å². The van der Waals surface area contributed by atoms with Crippen molar-refractivity contribution in [3.8, 4) is 0 Å². The minimum Gasteiger partial charge on any atom is -0.396 e. The molecule has 0 amide bonds. The average molecular weight is 271 g/mol. The van der Waals surface area contributed by atoms with Gasteiger partial charge in [-0.1, -0.05) is 0 Å². The number of nitrogens with zero attached hydrogens (tertiary/aromatic N) is 3. The van der Waals surface area contributed by atoms with Crippen LogP contribution in [0.1, 0.15) is 24.0 Å². The van der Waals surface area contributed by atoms with Gasteiger partial charge in [0.05, 0.1) is 5.52 Å². The molecule has 1 saturated heterocycles. The lowest BCUT2D eigenvalue weighted by atomic mass is 9.97. The van der Waals surface area contributed by atoms with Crippen LogP contribution >= 0.6 is 0 Å². The Kier molecular flexibility index (Phi) is 3.57. The first-order valence-electron chi connectivity index (χ1n) is 7.27. The van der Waals surface area contributed by atoms with Gasteiger partial charge in [0.15, 0.2) is 0 Å². The zero-order valence-electron chi connectivity index (χ0n) is 12.1. The van der Waals surface area contributed by atoms with Crippen molar-refractivity contribution >= 4 is 16.7 Å². The summed E-state index contributed by atoms with van der Waals surface area (Å²) in [6.45, 7) is 6.47. The van der Waals surface area contributed by atoms with Gasteiger partial charge in [0.1, 0.15) is 12.1 Å². The first kappa shape index (κ1) is 13.3. The van der Waals surface area contributed by atoms with Crippen LogP contribution in [-0.4, -0.2) is 34.8 Å². The summed E-state index contributed by atoms with van der Waals surface area (Å²) >= 11 is 0. The van der Waals surface area contributed by atoms with E-state index in [0.717, 1.165) is 42.7 Å². The van der Waals surface area contributed by atoms with Crippen molar-refractivity contribution in [1.29, 1.82) is 0 Å². The van der Waals surface area contributed by atoms with Crippen LogP contribution in [-0.2, 0) is 0 Å². The number of aromatic nitrogens is 2. The van der Waals surface area contributed by atoms with Crippen molar-refractivity contribution in [3.63, 3.8) is 0 Å². The molecule has 20 heavy (non-hydrogen) atoms. The lowest BCUT2D eigenvalue weighted by Gasteiger charge is -2.32. The molecule has 0 unspecified atom stereocenters. The second-order valence-corrected chi connectivity index (χ2v) is 5.76. The topological polar surface area (TPSA) is 49.2 Å². The maximum absolute atomic E-state index is 9.24. The molecule has 3 rings (SSSR count). The standard InChI is InChI=1S/C16H21N3O/c1-11-7-14-15(8-12(11)2)17-10-18-16(14)19-5-3-13(9-20)4-6-19/h7-8,10,13,20H,3-6,9H2,1-2H3. The highest BCUT2D eigenvalue weighted by molar-refractivity contribution is 5.90. The molecule has 1 aromatic carbocycles. The van der Waals surface area contributed by atoms with Crippen LogP contribution in [0.4, 0.5) is 5.82 Å². The van der Waals surface area contributed by atoms with Crippen molar-refractivity contribution in [2.75, 3.05) is 24.6 Å². The molecule has 4 heteroatoms. The fourth-order valence-electron chi connectivity index (χ4n) is 2.88. The largest absolute Gasteiger partial charge is 0.396 e. The summed E-state index contributed by atoms with van der Waals surface area (Å²) in [5.41, 5.74) is 3.56. The molecule has 1 fully saturated rings. The fraction of sp³-hybridized carbons (Fsp3) is 0.500. The van der Waals surface area contributed by atoms with E-state index in [-0.39, 0.29) is 0 Å². The second-order valence-electron chi connectivity index (χ2n) is 5.76. The molecule has 0 radical (unpaired) electrons. The third-order valence-corrected chi connectivity index (χ3v) is 4.40. The van der Waals surface area contributed by atoms with Crippen LogP contribution in [0.25, 0.3) is 10.9 Å². The van der Waals surface area contributed by atoms with E-state index in [0.29, 0.717) is 12.5 Å². The molecule has 0 aliphatic carbocycles. The summed E-state index contributed by atoms with van der Waals surface area (Å²) in [4.78, 5) is 11.2. The molecule has 0 spiro atoms. The molecule has 0 atom stereocenters. The summed E-state index contributed by atoms with van der Waals surface area (Å²) in [7, 11) is 0. The van der Waals surface area contributed by atoms with Crippen molar-refractivity contribution in [1.82, 2.24) is 9.97 Å². The van der Waals surface area contributed by atoms with E-state index in [2.05, 4.69) is 40.8 Å². The maximum Gasteiger partial charge on any atom is 0.139 e. The Morgan fingerprint density at radius 2 is 1.85 bits per heavy atom. The fourth-order valence-corrected chi connectivity index (χ4v) is 2.88. The molecular weight excluding hydrogens is 250 g/mol. The van der Waals surface area contributed by atoms with Crippen molar-refractivity contribution in [3.05, 3.63) is 29.6 Å². The van der Waals surface area contributed by atoms with E-state index in [1.165, 1.54) is 11.1 Å². The Balaban J connectivity index is 1.97. The van der Waals surface area contributed by atoms with E-state index in [4.69, 9.17) is 0 Å². The predicted molar refractivity (Wildman–Crippen MR) is 81.0 cm³/mol. The number of aliphatic hydroxyl groups excluding tert-OH is 1. The first-order chi connectivity index (χ1) is 9.69. The highest BCUT2D eigenvalue weighted by atomic mass is 16.3. The molecule has 1 aliphatic rings. The van der Waals surface area contributed by atoms with Gasteiger partial charge in [0.2, 0.25) is 0 Å². The number of fused-ring (bicyclic) bond motifs is 1. The lowest BCUT2D eigenvalue weighted by molar-refractivity contribution is 0.203. The number of piperidine rings is 1.